The van der Waals surface area contributed by atoms with E-state index in [1.54, 1.807) is 11.3 Å². The lowest BCUT2D eigenvalue weighted by Crippen LogP contribution is -2.23. The van der Waals surface area contributed by atoms with E-state index in [2.05, 4.69) is 89.6 Å². The largest absolute Gasteiger partial charge is 0.347 e. The van der Waals surface area contributed by atoms with Gasteiger partial charge in [-0.15, -0.1) is 11.3 Å². The maximum Gasteiger partial charge on any atom is 0.225 e. The van der Waals surface area contributed by atoms with Gasteiger partial charge in [-0.2, -0.15) is 4.98 Å². The Morgan fingerprint density at radius 3 is 1.84 bits per heavy atom. The zero-order valence-electron chi connectivity index (χ0n) is 17.7. The molecule has 0 bridgehead atoms. The molecule has 3 aromatic carbocycles. The highest BCUT2D eigenvalue weighted by Gasteiger charge is 2.22. The van der Waals surface area contributed by atoms with Gasteiger partial charge in [0.25, 0.3) is 0 Å². The van der Waals surface area contributed by atoms with Crippen LogP contribution in [0.25, 0.3) is 21.3 Å². The second-order valence-electron chi connectivity index (χ2n) is 7.72. The topological polar surface area (TPSA) is 29.0 Å². The molecule has 0 aliphatic carbocycles. The number of hydrogen-bond donors (Lipinski definition) is 0. The van der Waals surface area contributed by atoms with Gasteiger partial charge in [-0.1, -0.05) is 91.0 Å². The van der Waals surface area contributed by atoms with Crippen molar-refractivity contribution in [2.45, 2.75) is 20.0 Å². The minimum Gasteiger partial charge on any atom is -0.347 e. The quantitative estimate of drug-likeness (QED) is 0.248. The van der Waals surface area contributed by atoms with Crippen molar-refractivity contribution in [1.82, 2.24) is 9.97 Å². The number of thiophene rings is 1. The Morgan fingerprint density at radius 2 is 1.28 bits per heavy atom. The van der Waals surface area contributed by atoms with E-state index in [-0.39, 0.29) is 5.28 Å². The monoisotopic (exact) mass is 455 g/mol. The van der Waals surface area contributed by atoms with Gasteiger partial charge in [0, 0.05) is 23.5 Å². The smallest absolute Gasteiger partial charge is 0.225 e. The van der Waals surface area contributed by atoms with Crippen molar-refractivity contribution < 1.29 is 0 Å². The Labute approximate surface area is 197 Å². The van der Waals surface area contributed by atoms with Gasteiger partial charge in [-0.05, 0) is 35.2 Å². The summed E-state index contributed by atoms with van der Waals surface area (Å²) in [6, 6.07) is 31.4. The zero-order valence-corrected chi connectivity index (χ0v) is 19.3. The van der Waals surface area contributed by atoms with Gasteiger partial charge in [0.1, 0.15) is 10.6 Å². The first-order chi connectivity index (χ1) is 15.7. The van der Waals surface area contributed by atoms with Crippen molar-refractivity contribution in [3.63, 3.8) is 0 Å². The molecule has 0 atom stereocenters. The molecule has 158 valence electrons. The van der Waals surface area contributed by atoms with E-state index in [0.717, 1.165) is 29.1 Å². The molecule has 0 saturated heterocycles. The molecule has 0 radical (unpaired) electrons. The van der Waals surface area contributed by atoms with Crippen molar-refractivity contribution in [1.29, 1.82) is 0 Å². The fourth-order valence-corrected chi connectivity index (χ4v) is 5.32. The summed E-state index contributed by atoms with van der Waals surface area (Å²) in [6.45, 7) is 3.59. The molecule has 0 spiro atoms. The molecule has 0 unspecified atom stereocenters. The molecule has 2 heterocycles. The summed E-state index contributed by atoms with van der Waals surface area (Å²) in [6.07, 6.45) is 0. The molecule has 0 aliphatic heterocycles. The Bertz CT molecular complexity index is 1290. The first-order valence-corrected chi connectivity index (χ1v) is 11.7. The standard InChI is InChI=1S/C27H22ClN3S/c1-19-23(22-15-9-4-10-16-22)24-25(29-27(28)30-26(24)32-19)31(17-20-11-5-2-6-12-20)18-21-13-7-3-8-14-21/h2-16H,17-18H2,1H3. The van der Waals surface area contributed by atoms with Gasteiger partial charge in [0.15, 0.2) is 0 Å². The highest BCUT2D eigenvalue weighted by atomic mass is 35.5. The van der Waals surface area contributed by atoms with Crippen LogP contribution >= 0.6 is 22.9 Å². The number of halogens is 1. The summed E-state index contributed by atoms with van der Waals surface area (Å²) in [5.74, 6) is 0.871. The third kappa shape index (κ3) is 4.24. The number of aryl methyl sites for hydroxylation is 1. The zero-order chi connectivity index (χ0) is 21.9. The van der Waals surface area contributed by atoms with E-state index in [1.165, 1.54) is 27.1 Å². The van der Waals surface area contributed by atoms with Crippen LogP contribution in [0.3, 0.4) is 0 Å². The Morgan fingerprint density at radius 1 is 0.750 bits per heavy atom. The van der Waals surface area contributed by atoms with E-state index in [1.807, 2.05) is 18.2 Å². The van der Waals surface area contributed by atoms with Gasteiger partial charge < -0.3 is 4.90 Å². The van der Waals surface area contributed by atoms with Crippen LogP contribution in [-0.2, 0) is 13.1 Å². The third-order valence-corrected chi connectivity index (χ3v) is 6.64. The fraction of sp³-hybridized carbons (Fsp3) is 0.111. The first-order valence-electron chi connectivity index (χ1n) is 10.5. The molecule has 32 heavy (non-hydrogen) atoms. The number of anilines is 1. The van der Waals surface area contributed by atoms with Gasteiger partial charge in [0.05, 0.1) is 5.39 Å². The summed E-state index contributed by atoms with van der Waals surface area (Å²) in [7, 11) is 0. The molecule has 5 aromatic rings. The summed E-state index contributed by atoms with van der Waals surface area (Å²) in [4.78, 5) is 13.8. The van der Waals surface area contributed by atoms with Crippen LogP contribution in [0.4, 0.5) is 5.82 Å². The molecule has 5 rings (SSSR count). The highest BCUT2D eigenvalue weighted by Crippen LogP contribution is 2.42. The lowest BCUT2D eigenvalue weighted by Gasteiger charge is -2.25. The second kappa shape index (κ2) is 9.11. The van der Waals surface area contributed by atoms with E-state index in [4.69, 9.17) is 16.6 Å². The lowest BCUT2D eigenvalue weighted by molar-refractivity contribution is 0.786. The third-order valence-electron chi connectivity index (χ3n) is 5.48. The number of nitrogens with zero attached hydrogens (tertiary/aromatic N) is 3. The van der Waals surface area contributed by atoms with Crippen LogP contribution in [0.15, 0.2) is 91.0 Å². The summed E-state index contributed by atoms with van der Waals surface area (Å²) in [5, 5.41) is 1.34. The molecular formula is C27H22ClN3S. The predicted octanol–water partition coefficient (Wildman–Crippen LogP) is 7.53. The number of fused-ring (bicyclic) bond motifs is 1. The second-order valence-corrected chi connectivity index (χ2v) is 9.26. The minimum absolute atomic E-state index is 0.277. The van der Waals surface area contributed by atoms with Gasteiger partial charge >= 0.3 is 0 Å². The maximum atomic E-state index is 6.44. The van der Waals surface area contributed by atoms with Crippen LogP contribution < -0.4 is 4.90 Å². The van der Waals surface area contributed by atoms with Crippen LogP contribution in [0.2, 0.25) is 5.28 Å². The van der Waals surface area contributed by atoms with Crippen molar-refractivity contribution in [3.8, 4) is 11.1 Å². The van der Waals surface area contributed by atoms with E-state index < -0.39 is 0 Å². The molecule has 0 fully saturated rings. The fourth-order valence-electron chi connectivity index (χ4n) is 4.06. The first kappa shape index (κ1) is 20.7. The normalized spacial score (nSPS) is 11.1. The molecule has 2 aromatic heterocycles. The highest BCUT2D eigenvalue weighted by molar-refractivity contribution is 7.19. The number of benzene rings is 3. The van der Waals surface area contributed by atoms with Crippen molar-refractivity contribution in [2.24, 2.45) is 0 Å². The van der Waals surface area contributed by atoms with E-state index in [0.29, 0.717) is 0 Å². The molecule has 0 saturated carbocycles. The summed E-state index contributed by atoms with van der Waals surface area (Å²) >= 11 is 8.11. The number of aromatic nitrogens is 2. The number of rotatable bonds is 6. The maximum absolute atomic E-state index is 6.44. The Hall–Kier alpha value is -3.21. The Balaban J connectivity index is 1.71. The van der Waals surface area contributed by atoms with Crippen molar-refractivity contribution in [2.75, 3.05) is 4.90 Å². The minimum atomic E-state index is 0.277. The van der Waals surface area contributed by atoms with Crippen LogP contribution in [0.5, 0.6) is 0 Å². The average Bonchev–Trinajstić information content (AvgIpc) is 3.15. The summed E-state index contributed by atoms with van der Waals surface area (Å²) in [5.41, 5.74) is 4.80. The van der Waals surface area contributed by atoms with Crippen LogP contribution in [0.1, 0.15) is 16.0 Å². The molecule has 3 nitrogen and oxygen atoms in total. The Kier molecular flexibility index (Phi) is 5.89. The summed E-state index contributed by atoms with van der Waals surface area (Å²) < 4.78 is 0. The molecule has 5 heteroatoms. The van der Waals surface area contributed by atoms with Gasteiger partial charge in [-0.25, -0.2) is 4.98 Å². The van der Waals surface area contributed by atoms with Crippen LogP contribution in [-0.4, -0.2) is 9.97 Å². The number of hydrogen-bond acceptors (Lipinski definition) is 4. The molecule has 0 N–H and O–H groups in total. The van der Waals surface area contributed by atoms with Gasteiger partial charge in [-0.3, -0.25) is 0 Å². The van der Waals surface area contributed by atoms with Crippen LogP contribution in [0, 0.1) is 6.92 Å². The molecule has 0 amide bonds. The average molecular weight is 456 g/mol. The van der Waals surface area contributed by atoms with Crippen molar-refractivity contribution >= 4 is 39.0 Å². The van der Waals surface area contributed by atoms with E-state index in [9.17, 15) is 0 Å². The molecule has 0 aliphatic rings. The predicted molar refractivity (Wildman–Crippen MR) is 135 cm³/mol. The van der Waals surface area contributed by atoms with E-state index >= 15 is 0 Å². The molecular weight excluding hydrogens is 434 g/mol. The lowest BCUT2D eigenvalue weighted by atomic mass is 10.0. The van der Waals surface area contributed by atoms with Gasteiger partial charge in [0.2, 0.25) is 5.28 Å². The van der Waals surface area contributed by atoms with Crippen molar-refractivity contribution in [3.05, 3.63) is 112 Å². The SMILES string of the molecule is Cc1sc2nc(Cl)nc(N(Cc3ccccc3)Cc3ccccc3)c2c1-c1ccccc1.